The molecule has 3 rings (SSSR count). The van der Waals surface area contributed by atoms with Gasteiger partial charge in [-0.1, -0.05) is 32.0 Å². The number of nitrogens with zero attached hydrogens (tertiary/aromatic N) is 2. The maximum absolute atomic E-state index is 5.98. The molecule has 0 bridgehead atoms. The maximum atomic E-state index is 5.98. The number of nitrogen functional groups attached to an aromatic ring is 1. The summed E-state index contributed by atoms with van der Waals surface area (Å²) in [5.74, 6) is 1.30. The van der Waals surface area contributed by atoms with E-state index in [0.717, 1.165) is 26.7 Å². The van der Waals surface area contributed by atoms with Crippen LogP contribution in [0.2, 0.25) is 0 Å². The summed E-state index contributed by atoms with van der Waals surface area (Å²) in [4.78, 5) is 9.00. The van der Waals surface area contributed by atoms with Crippen LogP contribution in [0.15, 0.2) is 39.4 Å². The van der Waals surface area contributed by atoms with Gasteiger partial charge in [-0.25, -0.2) is 9.97 Å². The second-order valence-corrected chi connectivity index (χ2v) is 5.72. The molecule has 0 radical (unpaired) electrons. The van der Waals surface area contributed by atoms with Gasteiger partial charge >= 0.3 is 0 Å². The molecule has 0 spiro atoms. The summed E-state index contributed by atoms with van der Waals surface area (Å²) in [5, 5.41) is 0.990. The number of benzene rings is 1. The van der Waals surface area contributed by atoms with E-state index < -0.39 is 0 Å². The van der Waals surface area contributed by atoms with Crippen molar-refractivity contribution >= 4 is 32.7 Å². The number of rotatable bonds is 2. The molecule has 5 heteroatoms. The molecule has 4 nitrogen and oxygen atoms in total. The Labute approximate surface area is 125 Å². The molecule has 0 saturated carbocycles. The highest BCUT2D eigenvalue weighted by atomic mass is 79.9. The zero-order valence-electron chi connectivity index (χ0n) is 11.2. The molecule has 20 heavy (non-hydrogen) atoms. The van der Waals surface area contributed by atoms with Crippen LogP contribution >= 0.6 is 15.9 Å². The Kier molecular flexibility index (Phi) is 3.22. The van der Waals surface area contributed by atoms with E-state index >= 15 is 0 Å². The van der Waals surface area contributed by atoms with Crippen molar-refractivity contribution in [3.05, 3.63) is 40.7 Å². The van der Waals surface area contributed by atoms with E-state index in [4.69, 9.17) is 10.2 Å². The van der Waals surface area contributed by atoms with Crippen LogP contribution in [0, 0.1) is 0 Å². The normalized spacial score (nSPS) is 11.4. The van der Waals surface area contributed by atoms with Gasteiger partial charge in [-0.2, -0.15) is 0 Å². The average molecular weight is 332 g/mol. The minimum atomic E-state index is 0.256. The summed E-state index contributed by atoms with van der Waals surface area (Å²) in [7, 11) is 0. The lowest BCUT2D eigenvalue weighted by atomic mass is 10.1. The topological polar surface area (TPSA) is 64.9 Å². The fourth-order valence-corrected chi connectivity index (χ4v) is 2.77. The van der Waals surface area contributed by atoms with Crippen molar-refractivity contribution in [2.45, 2.75) is 19.8 Å². The van der Waals surface area contributed by atoms with Gasteiger partial charge in [0.2, 0.25) is 0 Å². The van der Waals surface area contributed by atoms with Crippen molar-refractivity contribution in [3.8, 4) is 11.4 Å². The van der Waals surface area contributed by atoms with E-state index in [0.29, 0.717) is 11.6 Å². The lowest BCUT2D eigenvalue weighted by Gasteiger charge is -2.10. The van der Waals surface area contributed by atoms with Gasteiger partial charge in [-0.05, 0) is 27.9 Å². The molecule has 0 fully saturated rings. The van der Waals surface area contributed by atoms with E-state index in [1.807, 2.05) is 24.3 Å². The molecule has 0 unspecified atom stereocenters. The Morgan fingerprint density at radius 1 is 1.20 bits per heavy atom. The van der Waals surface area contributed by atoms with Gasteiger partial charge in [0.05, 0.1) is 15.7 Å². The van der Waals surface area contributed by atoms with Crippen molar-refractivity contribution in [1.29, 1.82) is 0 Å². The Morgan fingerprint density at radius 2 is 1.95 bits per heavy atom. The van der Waals surface area contributed by atoms with Gasteiger partial charge in [0, 0.05) is 5.39 Å². The fourth-order valence-electron chi connectivity index (χ4n) is 2.14. The number of furan rings is 1. The third-order valence-corrected chi connectivity index (χ3v) is 3.98. The number of aromatic nitrogens is 2. The van der Waals surface area contributed by atoms with Gasteiger partial charge in [-0.15, -0.1) is 0 Å². The van der Waals surface area contributed by atoms with Crippen molar-refractivity contribution in [1.82, 2.24) is 9.97 Å². The predicted molar refractivity (Wildman–Crippen MR) is 83.4 cm³/mol. The predicted octanol–water partition coefficient (Wildman–Crippen LogP) is 4.36. The first-order valence-corrected chi connectivity index (χ1v) is 7.16. The van der Waals surface area contributed by atoms with E-state index in [2.05, 4.69) is 39.7 Å². The highest BCUT2D eigenvalue weighted by Gasteiger charge is 2.16. The molecule has 0 amide bonds. The molecule has 0 atom stereocenters. The maximum Gasteiger partial charge on any atom is 0.165 e. The first-order valence-electron chi connectivity index (χ1n) is 6.37. The lowest BCUT2D eigenvalue weighted by molar-refractivity contribution is 0.616. The monoisotopic (exact) mass is 331 g/mol. The van der Waals surface area contributed by atoms with Crippen LogP contribution in [0.1, 0.15) is 25.5 Å². The standard InChI is InChI=1S/C15H14BrN3O/c1-8(2)13-12(16)14(17)19-15(18-13)10-7-20-11-6-4-3-5-9(10)11/h3-8H,1-2H3,(H2,17,18,19). The van der Waals surface area contributed by atoms with Gasteiger partial charge in [-0.3, -0.25) is 0 Å². The third-order valence-electron chi connectivity index (χ3n) is 3.17. The van der Waals surface area contributed by atoms with Crippen molar-refractivity contribution in [2.75, 3.05) is 5.73 Å². The molecular weight excluding hydrogens is 318 g/mol. The Hall–Kier alpha value is -1.88. The SMILES string of the molecule is CC(C)c1nc(-c2coc3ccccc23)nc(N)c1Br. The van der Waals surface area contributed by atoms with Crippen molar-refractivity contribution in [2.24, 2.45) is 0 Å². The lowest BCUT2D eigenvalue weighted by Crippen LogP contribution is -2.04. The second-order valence-electron chi connectivity index (χ2n) is 4.93. The molecular formula is C15H14BrN3O. The van der Waals surface area contributed by atoms with Gasteiger partial charge < -0.3 is 10.2 Å². The average Bonchev–Trinajstić information content (AvgIpc) is 2.85. The van der Waals surface area contributed by atoms with E-state index in [9.17, 15) is 0 Å². The number of nitrogens with two attached hydrogens (primary N) is 1. The minimum absolute atomic E-state index is 0.256. The second kappa shape index (κ2) is 4.90. The van der Waals surface area contributed by atoms with E-state index in [1.165, 1.54) is 0 Å². The number of hydrogen-bond acceptors (Lipinski definition) is 4. The van der Waals surface area contributed by atoms with Crippen molar-refractivity contribution < 1.29 is 4.42 Å². The van der Waals surface area contributed by atoms with Crippen LogP contribution in [0.4, 0.5) is 5.82 Å². The van der Waals surface area contributed by atoms with E-state index in [-0.39, 0.29) is 5.92 Å². The zero-order valence-corrected chi connectivity index (χ0v) is 12.8. The van der Waals surface area contributed by atoms with Crippen LogP contribution in [0.5, 0.6) is 0 Å². The smallest absolute Gasteiger partial charge is 0.165 e. The first kappa shape index (κ1) is 13.1. The first-order chi connectivity index (χ1) is 9.58. The number of anilines is 1. The van der Waals surface area contributed by atoms with Crippen LogP contribution < -0.4 is 5.73 Å². The summed E-state index contributed by atoms with van der Waals surface area (Å²) in [6.45, 7) is 4.15. The largest absolute Gasteiger partial charge is 0.464 e. The summed E-state index contributed by atoms with van der Waals surface area (Å²) in [6.07, 6.45) is 1.68. The van der Waals surface area contributed by atoms with Crippen LogP contribution in [0.3, 0.4) is 0 Å². The van der Waals surface area contributed by atoms with Gasteiger partial charge in [0.1, 0.15) is 17.7 Å². The molecule has 3 aromatic rings. The molecule has 1 aromatic carbocycles. The number of fused-ring (bicyclic) bond motifs is 1. The molecule has 2 N–H and O–H groups in total. The molecule has 0 aliphatic rings. The zero-order chi connectivity index (χ0) is 14.3. The van der Waals surface area contributed by atoms with Crippen molar-refractivity contribution in [3.63, 3.8) is 0 Å². The Bertz CT molecular complexity index is 780. The number of para-hydroxylation sites is 1. The molecule has 2 aromatic heterocycles. The highest BCUT2D eigenvalue weighted by molar-refractivity contribution is 9.10. The van der Waals surface area contributed by atoms with Gasteiger partial charge in [0.15, 0.2) is 5.82 Å². The molecule has 2 heterocycles. The Balaban J connectivity index is 2.24. The summed E-state index contributed by atoms with van der Waals surface area (Å²) in [6, 6.07) is 7.81. The molecule has 0 aliphatic heterocycles. The summed E-state index contributed by atoms with van der Waals surface area (Å²) >= 11 is 3.45. The number of hydrogen-bond donors (Lipinski definition) is 1. The fraction of sp³-hybridized carbons (Fsp3) is 0.200. The summed E-state index contributed by atoms with van der Waals surface area (Å²) < 4.78 is 6.31. The highest BCUT2D eigenvalue weighted by Crippen LogP contribution is 2.33. The number of halogens is 1. The van der Waals surface area contributed by atoms with Gasteiger partial charge in [0.25, 0.3) is 0 Å². The van der Waals surface area contributed by atoms with E-state index in [1.54, 1.807) is 6.26 Å². The quantitative estimate of drug-likeness (QED) is 0.757. The van der Waals surface area contributed by atoms with Crippen LogP contribution in [0.25, 0.3) is 22.4 Å². The van der Waals surface area contributed by atoms with Crippen LogP contribution in [-0.4, -0.2) is 9.97 Å². The summed E-state index contributed by atoms with van der Waals surface area (Å²) in [5.41, 5.74) is 8.56. The van der Waals surface area contributed by atoms with Crippen LogP contribution in [-0.2, 0) is 0 Å². The molecule has 102 valence electrons. The third kappa shape index (κ3) is 2.08. The molecule has 0 saturated heterocycles. The minimum Gasteiger partial charge on any atom is -0.464 e. The Morgan fingerprint density at radius 3 is 2.70 bits per heavy atom. The molecule has 0 aliphatic carbocycles.